The molecule has 1 heteroatoms. The van der Waals surface area contributed by atoms with E-state index >= 15 is 0 Å². The highest BCUT2D eigenvalue weighted by Crippen LogP contribution is 2.44. The van der Waals surface area contributed by atoms with Gasteiger partial charge in [0.25, 0.3) is 0 Å². The Kier molecular flexibility index (Phi) is 3.16. The Morgan fingerprint density at radius 2 is 1.44 bits per heavy atom. The van der Waals surface area contributed by atoms with Crippen LogP contribution in [0, 0.1) is 0 Å². The molecule has 0 bridgehead atoms. The molecule has 0 aromatic heterocycles. The molecule has 0 aliphatic carbocycles. The number of likely N-dealkylation sites (N-methyl/N-ethyl adjacent to an activating group) is 1. The first-order valence-electron chi connectivity index (χ1n) is 6.74. The summed E-state index contributed by atoms with van der Waals surface area (Å²) in [6, 6.07) is 22.3. The average Bonchev–Trinajstić information content (AvgIpc) is 2.41. The van der Waals surface area contributed by atoms with Crippen molar-refractivity contribution in [3.63, 3.8) is 0 Å². The van der Waals surface area contributed by atoms with Crippen LogP contribution in [0.4, 0.5) is 0 Å². The Labute approximate surface area is 109 Å². The maximum atomic E-state index is 2.55. The summed E-state index contributed by atoms with van der Waals surface area (Å²) < 4.78 is 0. The predicted molar refractivity (Wildman–Crippen MR) is 75.6 cm³/mol. The molecule has 0 radical (unpaired) electrons. The van der Waals surface area contributed by atoms with Crippen molar-refractivity contribution < 1.29 is 0 Å². The fourth-order valence-corrected chi connectivity index (χ4v) is 2.99. The van der Waals surface area contributed by atoms with Gasteiger partial charge in [-0.1, -0.05) is 67.6 Å². The van der Waals surface area contributed by atoms with E-state index in [1.54, 1.807) is 0 Å². The van der Waals surface area contributed by atoms with Gasteiger partial charge in [0.15, 0.2) is 0 Å². The average molecular weight is 237 g/mol. The molecule has 2 aromatic rings. The van der Waals surface area contributed by atoms with Gasteiger partial charge in [0.2, 0.25) is 0 Å². The molecule has 1 aliphatic rings. The fraction of sp³-hybridized carbons (Fsp3) is 0.294. The van der Waals surface area contributed by atoms with Gasteiger partial charge in [-0.05, 0) is 17.7 Å². The highest BCUT2D eigenvalue weighted by Gasteiger charge is 2.39. The summed E-state index contributed by atoms with van der Waals surface area (Å²) >= 11 is 0. The molecule has 0 spiro atoms. The normalized spacial score (nSPS) is 23.6. The van der Waals surface area contributed by atoms with E-state index in [0.29, 0.717) is 12.0 Å². The second-order valence-corrected chi connectivity index (χ2v) is 4.96. The van der Waals surface area contributed by atoms with Crippen LogP contribution in [-0.4, -0.2) is 18.0 Å². The van der Waals surface area contributed by atoms with E-state index in [9.17, 15) is 0 Å². The Morgan fingerprint density at radius 1 is 0.889 bits per heavy atom. The molecule has 1 heterocycles. The monoisotopic (exact) mass is 237 g/mol. The van der Waals surface area contributed by atoms with E-state index in [2.05, 4.69) is 72.5 Å². The zero-order valence-corrected chi connectivity index (χ0v) is 10.8. The SMILES string of the molecule is CCN1C[C@H](c2ccccc2)[C@H]1c1ccccc1. The number of rotatable bonds is 3. The minimum Gasteiger partial charge on any atom is -0.295 e. The largest absolute Gasteiger partial charge is 0.295 e. The lowest BCUT2D eigenvalue weighted by atomic mass is 9.79. The van der Waals surface area contributed by atoms with Crippen LogP contribution >= 0.6 is 0 Å². The van der Waals surface area contributed by atoms with Crippen LogP contribution in [0.25, 0.3) is 0 Å². The van der Waals surface area contributed by atoms with Gasteiger partial charge in [-0.3, -0.25) is 4.90 Å². The topological polar surface area (TPSA) is 3.24 Å². The zero-order valence-electron chi connectivity index (χ0n) is 10.8. The maximum absolute atomic E-state index is 2.55. The van der Waals surface area contributed by atoms with E-state index in [1.807, 2.05) is 0 Å². The van der Waals surface area contributed by atoms with Gasteiger partial charge < -0.3 is 0 Å². The van der Waals surface area contributed by atoms with E-state index in [0.717, 1.165) is 6.54 Å². The lowest BCUT2D eigenvalue weighted by Crippen LogP contribution is -2.47. The van der Waals surface area contributed by atoms with Gasteiger partial charge in [0, 0.05) is 18.5 Å². The number of hydrogen-bond acceptors (Lipinski definition) is 1. The third kappa shape index (κ3) is 1.95. The minimum atomic E-state index is 0.554. The number of likely N-dealkylation sites (tertiary alicyclic amines) is 1. The molecule has 0 unspecified atom stereocenters. The van der Waals surface area contributed by atoms with Crippen molar-refractivity contribution in [2.24, 2.45) is 0 Å². The summed E-state index contributed by atoms with van der Waals surface area (Å²) in [4.78, 5) is 2.55. The Morgan fingerprint density at radius 3 is 2.00 bits per heavy atom. The van der Waals surface area contributed by atoms with Crippen LogP contribution in [-0.2, 0) is 0 Å². The van der Waals surface area contributed by atoms with Crippen LogP contribution in [0.3, 0.4) is 0 Å². The van der Waals surface area contributed by atoms with Gasteiger partial charge in [0.1, 0.15) is 0 Å². The summed E-state index contributed by atoms with van der Waals surface area (Å²) in [6.45, 7) is 4.56. The molecule has 1 aliphatic heterocycles. The van der Waals surface area contributed by atoms with Crippen molar-refractivity contribution in [2.45, 2.75) is 18.9 Å². The lowest BCUT2D eigenvalue weighted by Gasteiger charge is -2.48. The molecule has 0 amide bonds. The third-order valence-corrected chi connectivity index (χ3v) is 3.98. The quantitative estimate of drug-likeness (QED) is 0.784. The second kappa shape index (κ2) is 4.95. The van der Waals surface area contributed by atoms with Crippen LogP contribution in [0.5, 0.6) is 0 Å². The first-order chi connectivity index (χ1) is 8.90. The highest BCUT2D eigenvalue weighted by atomic mass is 15.2. The summed E-state index contributed by atoms with van der Waals surface area (Å²) in [5.74, 6) is 0.647. The molecule has 18 heavy (non-hydrogen) atoms. The minimum absolute atomic E-state index is 0.554. The van der Waals surface area contributed by atoms with Crippen molar-refractivity contribution in [1.29, 1.82) is 0 Å². The summed E-state index contributed by atoms with van der Waals surface area (Å²) in [5.41, 5.74) is 2.91. The molecule has 0 saturated carbocycles. The van der Waals surface area contributed by atoms with Crippen LogP contribution in [0.2, 0.25) is 0 Å². The molecule has 1 fully saturated rings. The highest BCUT2D eigenvalue weighted by molar-refractivity contribution is 5.32. The third-order valence-electron chi connectivity index (χ3n) is 3.98. The van der Waals surface area contributed by atoms with E-state index in [4.69, 9.17) is 0 Å². The molecule has 3 rings (SSSR count). The molecule has 0 N–H and O–H groups in total. The lowest BCUT2D eigenvalue weighted by molar-refractivity contribution is 0.0651. The number of nitrogens with zero attached hydrogens (tertiary/aromatic N) is 1. The number of hydrogen-bond donors (Lipinski definition) is 0. The summed E-state index contributed by atoms with van der Waals surface area (Å²) in [5, 5.41) is 0. The van der Waals surface area contributed by atoms with Gasteiger partial charge in [-0.15, -0.1) is 0 Å². The van der Waals surface area contributed by atoms with E-state index < -0.39 is 0 Å². The first kappa shape index (κ1) is 11.5. The summed E-state index contributed by atoms with van der Waals surface area (Å²) in [6.07, 6.45) is 0. The molecule has 1 nitrogen and oxygen atoms in total. The molecule has 92 valence electrons. The van der Waals surface area contributed by atoms with Crippen molar-refractivity contribution >= 4 is 0 Å². The van der Waals surface area contributed by atoms with Crippen LogP contribution < -0.4 is 0 Å². The smallest absolute Gasteiger partial charge is 0.0429 e. The van der Waals surface area contributed by atoms with E-state index in [1.165, 1.54) is 17.7 Å². The maximum Gasteiger partial charge on any atom is 0.0429 e. The van der Waals surface area contributed by atoms with E-state index in [-0.39, 0.29) is 0 Å². The molecular weight excluding hydrogens is 218 g/mol. The number of benzene rings is 2. The first-order valence-corrected chi connectivity index (χ1v) is 6.74. The summed E-state index contributed by atoms with van der Waals surface area (Å²) in [7, 11) is 0. The molecular formula is C17H19N. The molecule has 1 saturated heterocycles. The van der Waals surface area contributed by atoms with Crippen molar-refractivity contribution in [2.75, 3.05) is 13.1 Å². The zero-order chi connectivity index (χ0) is 12.4. The predicted octanol–water partition coefficient (Wildman–Crippen LogP) is 3.85. The Bertz CT molecular complexity index is 492. The van der Waals surface area contributed by atoms with Crippen molar-refractivity contribution in [1.82, 2.24) is 4.90 Å². The van der Waals surface area contributed by atoms with Gasteiger partial charge in [0.05, 0.1) is 0 Å². The Balaban J connectivity index is 1.89. The van der Waals surface area contributed by atoms with Crippen LogP contribution in [0.15, 0.2) is 60.7 Å². The van der Waals surface area contributed by atoms with Gasteiger partial charge in [-0.2, -0.15) is 0 Å². The van der Waals surface area contributed by atoms with Crippen molar-refractivity contribution in [3.8, 4) is 0 Å². The van der Waals surface area contributed by atoms with Crippen molar-refractivity contribution in [3.05, 3.63) is 71.8 Å². The standard InChI is InChI=1S/C17H19N/c1-2-18-13-16(14-9-5-3-6-10-14)17(18)15-11-7-4-8-12-15/h3-12,16-17H,2,13H2,1H3/t16-,17-/m1/s1. The van der Waals surface area contributed by atoms with Crippen LogP contribution in [0.1, 0.15) is 30.0 Å². The molecule has 2 aromatic carbocycles. The second-order valence-electron chi connectivity index (χ2n) is 4.96. The van der Waals surface area contributed by atoms with Gasteiger partial charge >= 0.3 is 0 Å². The Hall–Kier alpha value is -1.60. The molecule has 2 atom stereocenters. The fourth-order valence-electron chi connectivity index (χ4n) is 2.99. The van der Waals surface area contributed by atoms with Gasteiger partial charge in [-0.25, -0.2) is 0 Å².